The van der Waals surface area contributed by atoms with E-state index < -0.39 is 15.4 Å². The molecule has 0 saturated carbocycles. The van der Waals surface area contributed by atoms with Crippen molar-refractivity contribution in [2.24, 2.45) is 7.05 Å². The second kappa shape index (κ2) is 5.06. The van der Waals surface area contributed by atoms with Crippen LogP contribution in [0.4, 0.5) is 5.82 Å². The molecule has 0 amide bonds. The molecular weight excluding hydrogens is 304 g/mol. The SMILES string of the molecule is COC1(c2ccnn2C)CN(c2ccc(S(C)(=O)=O)cn2)C1. The maximum absolute atomic E-state index is 11.5. The highest BCUT2D eigenvalue weighted by molar-refractivity contribution is 7.90. The van der Waals surface area contributed by atoms with Gasteiger partial charge in [-0.3, -0.25) is 4.68 Å². The first kappa shape index (κ1) is 15.0. The molecular formula is C14H18N4O3S. The Hall–Kier alpha value is -1.93. The molecule has 1 aliphatic rings. The molecule has 0 aromatic carbocycles. The van der Waals surface area contributed by atoms with Crippen LogP contribution in [0.3, 0.4) is 0 Å². The van der Waals surface area contributed by atoms with Gasteiger partial charge in [-0.1, -0.05) is 0 Å². The number of aryl methyl sites for hydroxylation is 1. The van der Waals surface area contributed by atoms with Gasteiger partial charge in [-0.05, 0) is 18.2 Å². The predicted molar refractivity (Wildman–Crippen MR) is 81.5 cm³/mol. The molecule has 0 radical (unpaired) electrons. The van der Waals surface area contributed by atoms with Crippen molar-refractivity contribution in [2.45, 2.75) is 10.5 Å². The number of pyridine rings is 1. The van der Waals surface area contributed by atoms with Gasteiger partial charge in [0.1, 0.15) is 11.4 Å². The first-order valence-electron chi connectivity index (χ1n) is 6.80. The highest BCUT2D eigenvalue weighted by Crippen LogP contribution is 2.37. The van der Waals surface area contributed by atoms with E-state index in [1.54, 1.807) is 30.1 Å². The number of aromatic nitrogens is 3. The van der Waals surface area contributed by atoms with E-state index in [1.807, 2.05) is 18.0 Å². The second-order valence-corrected chi connectivity index (χ2v) is 7.53. The van der Waals surface area contributed by atoms with Gasteiger partial charge < -0.3 is 9.64 Å². The summed E-state index contributed by atoms with van der Waals surface area (Å²) in [6.45, 7) is 1.29. The summed E-state index contributed by atoms with van der Waals surface area (Å²) in [5.41, 5.74) is 0.613. The van der Waals surface area contributed by atoms with Gasteiger partial charge in [0.2, 0.25) is 0 Å². The van der Waals surface area contributed by atoms with Gasteiger partial charge >= 0.3 is 0 Å². The van der Waals surface area contributed by atoms with Crippen molar-refractivity contribution in [3.8, 4) is 0 Å². The smallest absolute Gasteiger partial charge is 0.177 e. The van der Waals surface area contributed by atoms with Crippen LogP contribution in [0.5, 0.6) is 0 Å². The molecule has 1 saturated heterocycles. The quantitative estimate of drug-likeness (QED) is 0.819. The minimum Gasteiger partial charge on any atom is -0.368 e. The van der Waals surface area contributed by atoms with E-state index in [1.165, 1.54) is 12.5 Å². The van der Waals surface area contributed by atoms with E-state index in [0.717, 1.165) is 11.5 Å². The fourth-order valence-electron chi connectivity index (χ4n) is 2.73. The van der Waals surface area contributed by atoms with Crippen molar-refractivity contribution in [3.05, 3.63) is 36.3 Å². The van der Waals surface area contributed by atoms with E-state index in [-0.39, 0.29) is 4.90 Å². The van der Waals surface area contributed by atoms with Gasteiger partial charge in [-0.25, -0.2) is 13.4 Å². The van der Waals surface area contributed by atoms with Crippen LogP contribution >= 0.6 is 0 Å². The van der Waals surface area contributed by atoms with E-state index >= 15 is 0 Å². The van der Waals surface area contributed by atoms with E-state index in [4.69, 9.17) is 4.74 Å². The summed E-state index contributed by atoms with van der Waals surface area (Å²) in [6, 6.07) is 5.24. The molecule has 8 heteroatoms. The van der Waals surface area contributed by atoms with E-state index in [0.29, 0.717) is 13.1 Å². The van der Waals surface area contributed by atoms with Gasteiger partial charge in [0.25, 0.3) is 0 Å². The predicted octanol–water partition coefficient (Wildman–Crippen LogP) is 0.581. The van der Waals surface area contributed by atoms with Gasteiger partial charge in [-0.15, -0.1) is 0 Å². The molecule has 1 aliphatic heterocycles. The first-order valence-corrected chi connectivity index (χ1v) is 8.69. The number of hydrogen-bond donors (Lipinski definition) is 0. The van der Waals surface area contributed by atoms with Crippen molar-refractivity contribution in [2.75, 3.05) is 31.4 Å². The zero-order valence-corrected chi connectivity index (χ0v) is 13.5. The summed E-state index contributed by atoms with van der Waals surface area (Å²) in [7, 11) is 0.352. The number of methoxy groups -OCH3 is 1. The molecule has 0 unspecified atom stereocenters. The van der Waals surface area contributed by atoms with Crippen LogP contribution in [0.1, 0.15) is 5.69 Å². The molecule has 118 valence electrons. The van der Waals surface area contributed by atoms with Crippen LogP contribution in [-0.2, 0) is 27.2 Å². The van der Waals surface area contributed by atoms with Crippen molar-refractivity contribution >= 4 is 15.7 Å². The van der Waals surface area contributed by atoms with Gasteiger partial charge in [0, 0.05) is 32.8 Å². The number of hydrogen-bond acceptors (Lipinski definition) is 6. The number of rotatable bonds is 4. The Balaban J connectivity index is 1.79. The lowest BCUT2D eigenvalue weighted by molar-refractivity contribution is -0.0447. The summed E-state index contributed by atoms with van der Waals surface area (Å²) in [5.74, 6) is 0.738. The Morgan fingerprint density at radius 1 is 1.27 bits per heavy atom. The molecule has 22 heavy (non-hydrogen) atoms. The number of ether oxygens (including phenoxy) is 1. The fraction of sp³-hybridized carbons (Fsp3) is 0.429. The Labute approximate surface area is 129 Å². The molecule has 0 atom stereocenters. The van der Waals surface area contributed by atoms with Crippen LogP contribution in [0.15, 0.2) is 35.5 Å². The van der Waals surface area contributed by atoms with Crippen molar-refractivity contribution in [1.29, 1.82) is 0 Å². The van der Waals surface area contributed by atoms with Crippen molar-refractivity contribution in [3.63, 3.8) is 0 Å². The molecule has 3 heterocycles. The van der Waals surface area contributed by atoms with Gasteiger partial charge in [0.05, 0.1) is 23.7 Å². The van der Waals surface area contributed by atoms with E-state index in [9.17, 15) is 8.42 Å². The molecule has 3 rings (SSSR count). The summed E-state index contributed by atoms with van der Waals surface area (Å²) >= 11 is 0. The number of sulfone groups is 1. The highest BCUT2D eigenvalue weighted by atomic mass is 32.2. The number of anilines is 1. The van der Waals surface area contributed by atoms with Crippen molar-refractivity contribution in [1.82, 2.24) is 14.8 Å². The minimum absolute atomic E-state index is 0.224. The molecule has 7 nitrogen and oxygen atoms in total. The molecule has 0 aliphatic carbocycles. The second-order valence-electron chi connectivity index (χ2n) is 5.52. The Morgan fingerprint density at radius 2 is 2.00 bits per heavy atom. The summed E-state index contributed by atoms with van der Waals surface area (Å²) in [5, 5.41) is 4.18. The summed E-state index contributed by atoms with van der Waals surface area (Å²) in [4.78, 5) is 6.51. The summed E-state index contributed by atoms with van der Waals surface area (Å²) < 4.78 is 30.4. The standard InChI is InChI=1S/C14H18N4O3S/c1-17-12(6-7-16-17)14(21-2)9-18(10-14)13-5-4-11(8-15-13)22(3,19)20/h4-8H,9-10H2,1-3H3. The largest absolute Gasteiger partial charge is 0.368 e. The molecule has 0 spiro atoms. The Bertz CT molecular complexity index is 777. The minimum atomic E-state index is -3.22. The monoisotopic (exact) mass is 322 g/mol. The lowest BCUT2D eigenvalue weighted by Gasteiger charge is -2.49. The van der Waals surface area contributed by atoms with Crippen LogP contribution in [0, 0.1) is 0 Å². The average molecular weight is 322 g/mol. The molecule has 2 aromatic rings. The normalized spacial score (nSPS) is 17.3. The number of nitrogens with zero attached hydrogens (tertiary/aromatic N) is 4. The highest BCUT2D eigenvalue weighted by Gasteiger charge is 2.47. The average Bonchev–Trinajstić information content (AvgIpc) is 2.85. The third-order valence-corrected chi connectivity index (χ3v) is 5.14. The lowest BCUT2D eigenvalue weighted by atomic mass is 9.90. The third kappa shape index (κ3) is 2.38. The third-order valence-electron chi connectivity index (χ3n) is 4.04. The summed E-state index contributed by atoms with van der Waals surface area (Å²) in [6.07, 6.45) is 4.31. The topological polar surface area (TPSA) is 77.3 Å². The van der Waals surface area contributed by atoms with Gasteiger partial charge in [0.15, 0.2) is 9.84 Å². The molecule has 0 bridgehead atoms. The maximum atomic E-state index is 11.5. The van der Waals surface area contributed by atoms with Crippen LogP contribution < -0.4 is 4.90 Å². The Morgan fingerprint density at radius 3 is 2.45 bits per heavy atom. The maximum Gasteiger partial charge on any atom is 0.177 e. The van der Waals surface area contributed by atoms with Crippen LogP contribution in [0.25, 0.3) is 0 Å². The molecule has 1 fully saturated rings. The fourth-order valence-corrected chi connectivity index (χ4v) is 3.29. The zero-order chi connectivity index (χ0) is 16.0. The van der Waals surface area contributed by atoms with Crippen LogP contribution in [0.2, 0.25) is 0 Å². The van der Waals surface area contributed by atoms with E-state index in [2.05, 4.69) is 10.1 Å². The Kier molecular flexibility index (Phi) is 3.45. The van der Waals surface area contributed by atoms with Crippen molar-refractivity contribution < 1.29 is 13.2 Å². The first-order chi connectivity index (χ1) is 10.4. The van der Waals surface area contributed by atoms with Crippen LogP contribution in [-0.4, -0.2) is 49.6 Å². The van der Waals surface area contributed by atoms with Gasteiger partial charge in [-0.2, -0.15) is 5.10 Å². The molecule has 0 N–H and O–H groups in total. The molecule has 2 aromatic heterocycles. The zero-order valence-electron chi connectivity index (χ0n) is 12.7. The lowest BCUT2D eigenvalue weighted by Crippen LogP contribution is -2.61.